The summed E-state index contributed by atoms with van der Waals surface area (Å²) in [5.74, 6) is 0.514. The minimum absolute atomic E-state index is 0.0524. The molecule has 1 saturated heterocycles. The normalized spacial score (nSPS) is 15.0. The molecule has 0 radical (unpaired) electrons. The van der Waals surface area contributed by atoms with Crippen LogP contribution in [0.1, 0.15) is 29.5 Å². The van der Waals surface area contributed by atoms with E-state index >= 15 is 0 Å². The van der Waals surface area contributed by atoms with Gasteiger partial charge in [-0.15, -0.1) is 0 Å². The molecule has 4 aromatic carbocycles. The standard InChI is InChI=1S/C33H34BN3O7S/c38-33(43-22-25-9-5-2-6-10-25)37-17-15-27(16-18-37)35-31-20-29(42-21-24-7-3-1-4-8-24)13-14-32(31)45(40,41)36-28-12-11-26-23-44-34(39)30(26)19-28/h1-14,19-20,27,35-36,39H,15-18,21-23H2. The molecule has 0 atom stereocenters. The number of anilines is 2. The van der Waals surface area contributed by atoms with Crippen molar-refractivity contribution in [1.29, 1.82) is 0 Å². The number of carbonyl (C=O) groups excluding carboxylic acids is 1. The number of likely N-dealkylation sites (tertiary alicyclic amines) is 1. The van der Waals surface area contributed by atoms with Crippen LogP contribution in [0.5, 0.6) is 5.75 Å². The molecule has 0 aliphatic carbocycles. The van der Waals surface area contributed by atoms with Crippen molar-refractivity contribution in [2.75, 3.05) is 23.1 Å². The third-order valence-electron chi connectivity index (χ3n) is 7.87. The second-order valence-electron chi connectivity index (χ2n) is 11.1. The van der Waals surface area contributed by atoms with Gasteiger partial charge < -0.3 is 29.4 Å². The first kappa shape index (κ1) is 30.5. The Kier molecular flexibility index (Phi) is 9.25. The van der Waals surface area contributed by atoms with Gasteiger partial charge in [-0.2, -0.15) is 0 Å². The van der Waals surface area contributed by atoms with Crippen molar-refractivity contribution in [3.63, 3.8) is 0 Å². The number of ether oxygens (including phenoxy) is 2. The summed E-state index contributed by atoms with van der Waals surface area (Å²) in [6.45, 7) is 1.74. The molecule has 0 bridgehead atoms. The number of carbonyl (C=O) groups is 1. The first-order chi connectivity index (χ1) is 21.8. The highest BCUT2D eigenvalue weighted by Gasteiger charge is 2.29. The summed E-state index contributed by atoms with van der Waals surface area (Å²) >= 11 is 0. The van der Waals surface area contributed by atoms with E-state index < -0.39 is 17.1 Å². The Balaban J connectivity index is 1.16. The maximum absolute atomic E-state index is 13.7. The van der Waals surface area contributed by atoms with E-state index in [1.165, 1.54) is 6.07 Å². The van der Waals surface area contributed by atoms with Gasteiger partial charge in [0.05, 0.1) is 12.3 Å². The number of hydrogen-bond donors (Lipinski definition) is 3. The zero-order chi connectivity index (χ0) is 31.2. The summed E-state index contributed by atoms with van der Waals surface area (Å²) in [5.41, 5.74) is 3.96. The van der Waals surface area contributed by atoms with E-state index in [0.717, 1.165) is 16.7 Å². The van der Waals surface area contributed by atoms with Crippen LogP contribution in [0.25, 0.3) is 0 Å². The Morgan fingerprint density at radius 1 is 0.911 bits per heavy atom. The molecule has 1 fully saturated rings. The van der Waals surface area contributed by atoms with Gasteiger partial charge in [0, 0.05) is 30.9 Å². The van der Waals surface area contributed by atoms with Crippen LogP contribution in [0.2, 0.25) is 0 Å². The van der Waals surface area contributed by atoms with Crippen molar-refractivity contribution in [3.05, 3.63) is 114 Å². The Morgan fingerprint density at radius 3 is 2.31 bits per heavy atom. The Hall–Kier alpha value is -4.52. The summed E-state index contributed by atoms with van der Waals surface area (Å²) in [5, 5.41) is 13.5. The molecule has 0 saturated carbocycles. The number of nitrogens with one attached hydrogen (secondary N) is 2. The number of fused-ring (bicyclic) bond motifs is 1. The van der Waals surface area contributed by atoms with E-state index in [0.29, 0.717) is 55.1 Å². The maximum Gasteiger partial charge on any atom is 0.491 e. The van der Waals surface area contributed by atoms with Crippen LogP contribution in [0, 0.1) is 0 Å². The molecule has 3 N–H and O–H groups in total. The lowest BCUT2D eigenvalue weighted by Gasteiger charge is -2.32. The lowest BCUT2D eigenvalue weighted by molar-refractivity contribution is 0.0881. The van der Waals surface area contributed by atoms with Gasteiger partial charge in [0.15, 0.2) is 0 Å². The summed E-state index contributed by atoms with van der Waals surface area (Å²) in [4.78, 5) is 14.4. The van der Waals surface area contributed by atoms with E-state index in [1.54, 1.807) is 35.2 Å². The van der Waals surface area contributed by atoms with E-state index in [2.05, 4.69) is 10.0 Å². The summed E-state index contributed by atoms with van der Waals surface area (Å²) in [6.07, 6.45) is 0.835. The van der Waals surface area contributed by atoms with E-state index in [4.69, 9.17) is 14.1 Å². The molecule has 45 heavy (non-hydrogen) atoms. The second kappa shape index (κ2) is 13.6. The monoisotopic (exact) mass is 627 g/mol. The maximum atomic E-state index is 13.7. The van der Waals surface area contributed by atoms with Crippen LogP contribution >= 0.6 is 0 Å². The van der Waals surface area contributed by atoms with E-state index in [-0.39, 0.29) is 30.2 Å². The van der Waals surface area contributed by atoms with Gasteiger partial charge in [0.25, 0.3) is 10.0 Å². The van der Waals surface area contributed by atoms with Crippen molar-refractivity contribution in [2.45, 2.75) is 43.6 Å². The fraction of sp³-hybridized carbons (Fsp3) is 0.242. The lowest BCUT2D eigenvalue weighted by atomic mass is 9.79. The van der Waals surface area contributed by atoms with Crippen LogP contribution in [0.4, 0.5) is 16.2 Å². The molecule has 232 valence electrons. The number of sulfonamides is 1. The van der Waals surface area contributed by atoms with Gasteiger partial charge in [-0.1, -0.05) is 66.7 Å². The molecule has 0 unspecified atom stereocenters. The molecule has 2 aliphatic rings. The van der Waals surface area contributed by atoms with Crippen LogP contribution in [-0.4, -0.2) is 50.7 Å². The molecule has 6 rings (SSSR count). The molecular weight excluding hydrogens is 593 g/mol. The number of benzene rings is 4. The summed E-state index contributed by atoms with van der Waals surface area (Å²) in [6, 6.07) is 29.0. The van der Waals surface area contributed by atoms with Crippen molar-refractivity contribution in [3.8, 4) is 5.75 Å². The zero-order valence-corrected chi connectivity index (χ0v) is 25.4. The SMILES string of the molecule is O=C(OCc1ccccc1)N1CCC(Nc2cc(OCc3ccccc3)ccc2S(=O)(=O)Nc2ccc3c(c2)B(O)OC3)CC1. The Bertz CT molecular complexity index is 1730. The quantitative estimate of drug-likeness (QED) is 0.220. The zero-order valence-electron chi connectivity index (χ0n) is 24.6. The number of amides is 1. The molecular formula is C33H34BN3O7S. The van der Waals surface area contributed by atoms with Crippen molar-refractivity contribution < 1.29 is 32.4 Å². The van der Waals surface area contributed by atoms with Gasteiger partial charge in [-0.25, -0.2) is 13.2 Å². The minimum Gasteiger partial charge on any atom is -0.489 e. The van der Waals surface area contributed by atoms with Gasteiger partial charge >= 0.3 is 13.2 Å². The topological polar surface area (TPSA) is 126 Å². The number of piperidine rings is 1. The average Bonchev–Trinajstić information content (AvgIpc) is 3.43. The number of hydrogen-bond acceptors (Lipinski definition) is 8. The third-order valence-corrected chi connectivity index (χ3v) is 9.31. The molecule has 4 aromatic rings. The molecule has 1 amide bonds. The van der Waals surface area contributed by atoms with Crippen molar-refractivity contribution in [2.24, 2.45) is 0 Å². The largest absolute Gasteiger partial charge is 0.491 e. The molecule has 0 aromatic heterocycles. The first-order valence-electron chi connectivity index (χ1n) is 14.8. The highest BCUT2D eigenvalue weighted by Crippen LogP contribution is 2.31. The van der Waals surface area contributed by atoms with E-state index in [1.807, 2.05) is 60.7 Å². The van der Waals surface area contributed by atoms with Crippen LogP contribution in [0.15, 0.2) is 102 Å². The fourth-order valence-corrected chi connectivity index (χ4v) is 6.61. The van der Waals surface area contributed by atoms with Crippen LogP contribution in [0.3, 0.4) is 0 Å². The van der Waals surface area contributed by atoms with Gasteiger partial charge in [0.1, 0.15) is 23.9 Å². The highest BCUT2D eigenvalue weighted by atomic mass is 32.2. The van der Waals surface area contributed by atoms with Crippen LogP contribution in [-0.2, 0) is 39.2 Å². The Labute approximate surface area is 263 Å². The minimum atomic E-state index is -4.05. The van der Waals surface area contributed by atoms with Gasteiger partial charge in [-0.05, 0) is 59.3 Å². The predicted molar refractivity (Wildman–Crippen MR) is 172 cm³/mol. The smallest absolute Gasteiger partial charge is 0.489 e. The first-order valence-corrected chi connectivity index (χ1v) is 16.3. The highest BCUT2D eigenvalue weighted by molar-refractivity contribution is 7.92. The van der Waals surface area contributed by atoms with E-state index in [9.17, 15) is 18.2 Å². The second-order valence-corrected chi connectivity index (χ2v) is 12.7. The Morgan fingerprint density at radius 2 is 1.60 bits per heavy atom. The summed E-state index contributed by atoms with van der Waals surface area (Å²) in [7, 11) is -5.14. The fourth-order valence-electron chi connectivity index (χ4n) is 5.41. The molecule has 0 spiro atoms. The number of rotatable bonds is 10. The molecule has 12 heteroatoms. The average molecular weight is 628 g/mol. The molecule has 2 aliphatic heterocycles. The lowest BCUT2D eigenvalue weighted by Crippen LogP contribution is -2.42. The van der Waals surface area contributed by atoms with Crippen molar-refractivity contribution >= 4 is 40.1 Å². The van der Waals surface area contributed by atoms with Crippen LogP contribution < -0.4 is 20.2 Å². The molecule has 10 nitrogen and oxygen atoms in total. The predicted octanol–water partition coefficient (Wildman–Crippen LogP) is 4.50. The van der Waals surface area contributed by atoms with Crippen molar-refractivity contribution in [1.82, 2.24) is 4.90 Å². The third kappa shape index (κ3) is 7.59. The van der Waals surface area contributed by atoms with Gasteiger partial charge in [-0.3, -0.25) is 4.72 Å². The van der Waals surface area contributed by atoms with Gasteiger partial charge in [0.2, 0.25) is 0 Å². The summed E-state index contributed by atoms with van der Waals surface area (Å²) < 4.78 is 46.8. The number of nitrogens with zero attached hydrogens (tertiary/aromatic N) is 1. The molecule has 2 heterocycles.